The molecule has 1 aromatic rings. The van der Waals surface area contributed by atoms with E-state index in [1.54, 1.807) is 0 Å². The Morgan fingerprint density at radius 1 is 1.20 bits per heavy atom. The van der Waals surface area contributed by atoms with Crippen LogP contribution in [0.25, 0.3) is 0 Å². The van der Waals surface area contributed by atoms with Gasteiger partial charge in [-0.2, -0.15) is 4.31 Å². The molecule has 0 aromatic heterocycles. The van der Waals surface area contributed by atoms with Gasteiger partial charge in [-0.05, 0) is 19.2 Å². The van der Waals surface area contributed by atoms with Crippen LogP contribution in [0.4, 0.5) is 5.69 Å². The van der Waals surface area contributed by atoms with Crippen molar-refractivity contribution in [3.05, 3.63) is 28.1 Å². The van der Waals surface area contributed by atoms with Crippen LogP contribution in [0.15, 0.2) is 23.1 Å². The van der Waals surface area contributed by atoms with Crippen molar-refractivity contribution in [1.29, 1.82) is 0 Å². The summed E-state index contributed by atoms with van der Waals surface area (Å²) in [5.74, 6) is 0. The van der Waals surface area contributed by atoms with E-state index < -0.39 is 10.0 Å². The fraction of sp³-hybridized carbons (Fsp3) is 0.500. The zero-order valence-electron chi connectivity index (χ0n) is 11.4. The topological polar surface area (TPSA) is 60.7 Å². The first-order valence-electron chi connectivity index (χ1n) is 6.21. The molecule has 0 unspecified atom stereocenters. The summed E-state index contributed by atoms with van der Waals surface area (Å²) in [6.45, 7) is 2.29. The van der Waals surface area contributed by atoms with Crippen molar-refractivity contribution in [2.75, 3.05) is 40.3 Å². The average Bonchev–Trinajstić information content (AvgIpc) is 2.39. The van der Waals surface area contributed by atoms with Crippen molar-refractivity contribution in [3.8, 4) is 0 Å². The summed E-state index contributed by atoms with van der Waals surface area (Å²) < 4.78 is 27.0. The molecule has 1 heterocycles. The summed E-state index contributed by atoms with van der Waals surface area (Å²) in [5.41, 5.74) is 0.155. The van der Waals surface area contributed by atoms with Crippen molar-refractivity contribution >= 4 is 27.3 Å². The highest BCUT2D eigenvalue weighted by molar-refractivity contribution is 7.89. The first-order valence-corrected chi connectivity index (χ1v) is 8.03. The number of nitrogens with zero attached hydrogens (tertiary/aromatic N) is 3. The summed E-state index contributed by atoms with van der Waals surface area (Å²) in [6.07, 6.45) is 0. The molecule has 0 spiro atoms. The second-order valence-corrected chi connectivity index (χ2v) is 7.16. The zero-order valence-corrected chi connectivity index (χ0v) is 13.0. The SMILES string of the molecule is CN1CCN(S(=O)(=O)c2ccc(Cl)c([N+](C)=O)c2)CC1. The molecule has 0 saturated carbocycles. The van der Waals surface area contributed by atoms with Gasteiger partial charge in [-0.25, -0.2) is 8.42 Å². The molecule has 2 rings (SSSR count). The van der Waals surface area contributed by atoms with Crippen LogP contribution >= 0.6 is 11.6 Å². The van der Waals surface area contributed by atoms with E-state index in [1.807, 2.05) is 7.05 Å². The van der Waals surface area contributed by atoms with Crippen LogP contribution in [0, 0.1) is 4.91 Å². The number of likely N-dealkylation sites (N-methyl/N-ethyl adjacent to an activating group) is 1. The van der Waals surface area contributed by atoms with Gasteiger partial charge in [-0.15, -0.1) is 0 Å². The van der Waals surface area contributed by atoms with Crippen LogP contribution in [0.1, 0.15) is 0 Å². The van der Waals surface area contributed by atoms with E-state index in [-0.39, 0.29) is 15.6 Å². The third-order valence-corrected chi connectivity index (χ3v) is 5.57. The highest BCUT2D eigenvalue weighted by Crippen LogP contribution is 2.28. The Bertz CT molecular complexity index is 625. The van der Waals surface area contributed by atoms with Crippen molar-refractivity contribution in [2.45, 2.75) is 4.90 Å². The van der Waals surface area contributed by atoms with Gasteiger partial charge in [0.2, 0.25) is 10.0 Å². The lowest BCUT2D eigenvalue weighted by atomic mass is 10.3. The van der Waals surface area contributed by atoms with Crippen molar-refractivity contribution < 1.29 is 13.2 Å². The smallest absolute Gasteiger partial charge is 0.275 e. The monoisotopic (exact) mass is 318 g/mol. The first-order chi connectivity index (χ1) is 9.32. The van der Waals surface area contributed by atoms with Crippen LogP contribution in [0.5, 0.6) is 0 Å². The van der Waals surface area contributed by atoms with Crippen LogP contribution in [0.3, 0.4) is 0 Å². The average molecular weight is 319 g/mol. The Labute approximate surface area is 123 Å². The molecule has 1 aliphatic rings. The summed E-state index contributed by atoms with van der Waals surface area (Å²) in [5, 5.41) is 0.236. The third-order valence-electron chi connectivity index (χ3n) is 3.36. The predicted molar refractivity (Wildman–Crippen MR) is 76.9 cm³/mol. The van der Waals surface area contributed by atoms with Crippen LogP contribution < -0.4 is 0 Å². The van der Waals surface area contributed by atoms with Gasteiger partial charge >= 0.3 is 0 Å². The van der Waals surface area contributed by atoms with Gasteiger partial charge in [0.05, 0.1) is 4.90 Å². The Hall–Kier alpha value is -1.02. The third kappa shape index (κ3) is 3.01. The van der Waals surface area contributed by atoms with E-state index in [0.717, 1.165) is 0 Å². The molecule has 8 heteroatoms. The second-order valence-electron chi connectivity index (χ2n) is 4.82. The van der Waals surface area contributed by atoms with Crippen LogP contribution in [-0.4, -0.2) is 62.7 Å². The fourth-order valence-corrected chi connectivity index (χ4v) is 3.75. The van der Waals surface area contributed by atoms with Gasteiger partial charge in [-0.3, -0.25) is 0 Å². The van der Waals surface area contributed by atoms with Crippen molar-refractivity contribution in [2.24, 2.45) is 0 Å². The molecule has 0 aliphatic carbocycles. The number of rotatable bonds is 3. The van der Waals surface area contributed by atoms with E-state index in [1.165, 1.54) is 29.6 Å². The second kappa shape index (κ2) is 5.77. The molecule has 20 heavy (non-hydrogen) atoms. The summed E-state index contributed by atoms with van der Waals surface area (Å²) >= 11 is 5.89. The van der Waals surface area contributed by atoms with E-state index in [9.17, 15) is 13.3 Å². The van der Waals surface area contributed by atoms with E-state index in [0.29, 0.717) is 30.9 Å². The minimum absolute atomic E-state index is 0.101. The van der Waals surface area contributed by atoms with Gasteiger partial charge in [-0.1, -0.05) is 11.6 Å². The number of hydrogen-bond donors (Lipinski definition) is 0. The van der Waals surface area contributed by atoms with Crippen LogP contribution in [-0.2, 0) is 10.0 Å². The maximum atomic E-state index is 12.5. The van der Waals surface area contributed by atoms with Crippen molar-refractivity contribution in [3.63, 3.8) is 0 Å². The van der Waals surface area contributed by atoms with E-state index in [4.69, 9.17) is 11.6 Å². The minimum Gasteiger partial charge on any atom is -0.304 e. The molecule has 1 saturated heterocycles. The molecule has 110 valence electrons. The lowest BCUT2D eigenvalue weighted by molar-refractivity contribution is -0.428. The molecule has 0 radical (unpaired) electrons. The first kappa shape index (κ1) is 15.4. The summed E-state index contributed by atoms with van der Waals surface area (Å²) in [6, 6.07) is 4.19. The Kier molecular flexibility index (Phi) is 4.43. The van der Waals surface area contributed by atoms with Gasteiger partial charge < -0.3 is 4.90 Å². The number of halogens is 1. The van der Waals surface area contributed by atoms with Crippen molar-refractivity contribution in [1.82, 2.24) is 9.21 Å². The fourth-order valence-electron chi connectivity index (χ4n) is 2.07. The standard InChI is InChI=1S/C12H17ClN3O3S/c1-14-5-7-16(8-6-14)20(18,19)10-3-4-11(13)12(9-10)15(2)17/h3-4,9H,5-8H2,1-2H3/q+1. The molecule has 1 aromatic carbocycles. The van der Waals surface area contributed by atoms with Crippen LogP contribution in [0.2, 0.25) is 5.02 Å². The van der Waals surface area contributed by atoms with E-state index >= 15 is 0 Å². The molecule has 0 bridgehead atoms. The number of nitroso groups, excluding NO2 is 1. The summed E-state index contributed by atoms with van der Waals surface area (Å²) in [7, 11) is -0.335. The molecule has 0 N–H and O–H groups in total. The van der Waals surface area contributed by atoms with Gasteiger partial charge in [0, 0.05) is 41.9 Å². The Morgan fingerprint density at radius 3 is 2.35 bits per heavy atom. The van der Waals surface area contributed by atoms with Gasteiger partial charge in [0.1, 0.15) is 5.02 Å². The molecule has 1 fully saturated rings. The maximum Gasteiger partial charge on any atom is 0.275 e. The lowest BCUT2D eigenvalue weighted by Crippen LogP contribution is -2.47. The maximum absolute atomic E-state index is 12.5. The summed E-state index contributed by atoms with van der Waals surface area (Å²) in [4.78, 5) is 13.6. The quantitative estimate of drug-likeness (QED) is 0.789. The molecular weight excluding hydrogens is 302 g/mol. The normalized spacial score (nSPS) is 18.1. The molecular formula is C12H17ClN3O3S+. The molecule has 0 amide bonds. The number of benzene rings is 1. The number of piperazine rings is 1. The highest BCUT2D eigenvalue weighted by Gasteiger charge is 2.29. The Balaban J connectivity index is 2.35. The molecule has 0 atom stereocenters. The minimum atomic E-state index is -3.58. The van der Waals surface area contributed by atoms with Gasteiger partial charge in [0.15, 0.2) is 7.05 Å². The Morgan fingerprint density at radius 2 is 1.80 bits per heavy atom. The zero-order chi connectivity index (χ0) is 14.9. The number of hydrogen-bond acceptors (Lipinski definition) is 4. The molecule has 6 nitrogen and oxygen atoms in total. The predicted octanol–water partition coefficient (Wildman–Crippen LogP) is 1.32. The van der Waals surface area contributed by atoms with Gasteiger partial charge in [0.25, 0.3) is 5.69 Å². The highest BCUT2D eigenvalue weighted by atomic mass is 35.5. The molecule has 1 aliphatic heterocycles. The largest absolute Gasteiger partial charge is 0.304 e. The van der Waals surface area contributed by atoms with E-state index in [2.05, 4.69) is 4.90 Å². The lowest BCUT2D eigenvalue weighted by Gasteiger charge is -2.31. The number of sulfonamides is 1.